The molecule has 1 aromatic carbocycles. The van der Waals surface area contributed by atoms with Gasteiger partial charge in [0.2, 0.25) is 11.8 Å². The van der Waals surface area contributed by atoms with Gasteiger partial charge in [0, 0.05) is 36.3 Å². The van der Waals surface area contributed by atoms with Crippen LogP contribution in [-0.2, 0) is 16.0 Å². The highest BCUT2D eigenvalue weighted by atomic mass is 16.2. The van der Waals surface area contributed by atoms with Crippen LogP contribution in [0.2, 0.25) is 0 Å². The van der Waals surface area contributed by atoms with Crippen LogP contribution in [0.25, 0.3) is 11.1 Å². The number of rotatable bonds is 5. The Hall–Kier alpha value is -4.25. The van der Waals surface area contributed by atoms with E-state index in [0.717, 1.165) is 5.56 Å². The molecule has 8 nitrogen and oxygen atoms in total. The lowest BCUT2D eigenvalue weighted by Gasteiger charge is -2.33. The second kappa shape index (κ2) is 10.3. The standard InChI is InChI=1S/C27H27N5O3/c1-18(2)14-24(31-13-5-7-22(26(31)34)19-9-11-29-12-10-19)27(35)32-17-25(33)30-23-8-4-3-6-20(23)15-21(32)16-28/h3-13,18,21,24H,14-15,17H2,1-2H3,(H,30,33)/t21-,24+/m0/s1. The molecule has 2 atom stereocenters. The summed E-state index contributed by atoms with van der Waals surface area (Å²) < 4.78 is 1.43. The Morgan fingerprint density at radius 2 is 1.89 bits per heavy atom. The average molecular weight is 470 g/mol. The molecule has 0 fully saturated rings. The van der Waals surface area contributed by atoms with E-state index in [1.54, 1.807) is 48.9 Å². The van der Waals surface area contributed by atoms with Crippen LogP contribution in [0.4, 0.5) is 5.69 Å². The number of nitrogens with zero attached hydrogens (tertiary/aromatic N) is 4. The normalized spacial score (nSPS) is 16.5. The molecule has 2 aromatic heterocycles. The fourth-order valence-electron chi connectivity index (χ4n) is 4.42. The van der Waals surface area contributed by atoms with Crippen molar-refractivity contribution >= 4 is 17.5 Å². The third-order valence-electron chi connectivity index (χ3n) is 6.11. The van der Waals surface area contributed by atoms with Crippen LogP contribution in [0, 0.1) is 17.2 Å². The van der Waals surface area contributed by atoms with Crippen molar-refractivity contribution in [3.8, 4) is 17.2 Å². The van der Waals surface area contributed by atoms with Gasteiger partial charge in [-0.25, -0.2) is 0 Å². The molecular formula is C27H27N5O3. The highest BCUT2D eigenvalue weighted by Gasteiger charge is 2.35. The zero-order valence-corrected chi connectivity index (χ0v) is 19.7. The molecule has 178 valence electrons. The zero-order valence-electron chi connectivity index (χ0n) is 19.7. The van der Waals surface area contributed by atoms with Gasteiger partial charge in [0.15, 0.2) is 0 Å². The van der Waals surface area contributed by atoms with Gasteiger partial charge in [0.05, 0.1) is 6.07 Å². The highest BCUT2D eigenvalue weighted by Crippen LogP contribution is 2.26. The summed E-state index contributed by atoms with van der Waals surface area (Å²) in [7, 11) is 0. The topological polar surface area (TPSA) is 108 Å². The van der Waals surface area contributed by atoms with Crippen LogP contribution in [0.1, 0.15) is 31.9 Å². The summed E-state index contributed by atoms with van der Waals surface area (Å²) in [6.45, 7) is 3.67. The van der Waals surface area contributed by atoms with Crippen molar-refractivity contribution in [1.82, 2.24) is 14.5 Å². The van der Waals surface area contributed by atoms with Crippen molar-refractivity contribution in [2.24, 2.45) is 5.92 Å². The molecule has 0 saturated heterocycles. The van der Waals surface area contributed by atoms with E-state index >= 15 is 0 Å². The van der Waals surface area contributed by atoms with Gasteiger partial charge < -0.3 is 14.8 Å². The lowest BCUT2D eigenvalue weighted by molar-refractivity contribution is -0.139. The van der Waals surface area contributed by atoms with Crippen LogP contribution < -0.4 is 10.9 Å². The van der Waals surface area contributed by atoms with Crippen molar-refractivity contribution in [3.05, 3.63) is 83.0 Å². The number of nitriles is 1. The molecule has 3 heterocycles. The van der Waals surface area contributed by atoms with E-state index < -0.39 is 18.0 Å². The fourth-order valence-corrected chi connectivity index (χ4v) is 4.42. The van der Waals surface area contributed by atoms with Crippen molar-refractivity contribution < 1.29 is 9.59 Å². The van der Waals surface area contributed by atoms with E-state index in [2.05, 4.69) is 16.4 Å². The van der Waals surface area contributed by atoms with Crippen LogP contribution in [0.5, 0.6) is 0 Å². The highest BCUT2D eigenvalue weighted by molar-refractivity contribution is 5.96. The molecule has 8 heteroatoms. The second-order valence-corrected chi connectivity index (χ2v) is 9.04. The molecule has 1 aliphatic rings. The molecule has 1 aliphatic heterocycles. The molecule has 2 amide bonds. The molecule has 1 N–H and O–H groups in total. The maximum Gasteiger partial charge on any atom is 0.259 e. The lowest BCUT2D eigenvalue weighted by atomic mass is 9.98. The van der Waals surface area contributed by atoms with Gasteiger partial charge in [-0.05, 0) is 53.8 Å². The number of anilines is 1. The van der Waals surface area contributed by atoms with E-state index in [1.807, 2.05) is 32.0 Å². The minimum absolute atomic E-state index is 0.0882. The number of fused-ring (bicyclic) bond motifs is 1. The third kappa shape index (κ3) is 5.14. The van der Waals surface area contributed by atoms with Crippen LogP contribution in [-0.4, -0.2) is 38.9 Å². The summed E-state index contributed by atoms with van der Waals surface area (Å²) in [6.07, 6.45) is 5.47. The van der Waals surface area contributed by atoms with E-state index in [-0.39, 0.29) is 30.3 Å². The summed E-state index contributed by atoms with van der Waals surface area (Å²) in [5.74, 6) is -0.717. The van der Waals surface area contributed by atoms with Crippen molar-refractivity contribution in [3.63, 3.8) is 0 Å². The monoisotopic (exact) mass is 469 g/mol. The molecule has 0 spiro atoms. The molecule has 0 saturated carbocycles. The summed E-state index contributed by atoms with van der Waals surface area (Å²) in [4.78, 5) is 45.5. The summed E-state index contributed by atoms with van der Waals surface area (Å²) in [5.41, 5.74) is 2.26. The number of carbonyl (C=O) groups excluding carboxylic acids is 2. The zero-order chi connectivity index (χ0) is 24.9. The van der Waals surface area contributed by atoms with Crippen LogP contribution >= 0.6 is 0 Å². The first-order chi connectivity index (χ1) is 16.9. The van der Waals surface area contributed by atoms with Crippen molar-refractivity contribution in [2.45, 2.75) is 38.8 Å². The van der Waals surface area contributed by atoms with Gasteiger partial charge in [-0.1, -0.05) is 32.0 Å². The number of amides is 2. The number of aromatic nitrogens is 2. The Balaban J connectivity index is 1.75. The number of pyridine rings is 2. The fraction of sp³-hybridized carbons (Fsp3) is 0.296. The molecule has 0 bridgehead atoms. The first-order valence-corrected chi connectivity index (χ1v) is 11.6. The maximum absolute atomic E-state index is 14.0. The third-order valence-corrected chi connectivity index (χ3v) is 6.11. The number of hydrogen-bond donors (Lipinski definition) is 1. The maximum atomic E-state index is 14.0. The molecular weight excluding hydrogens is 442 g/mol. The molecule has 35 heavy (non-hydrogen) atoms. The number of para-hydroxylation sites is 1. The van der Waals surface area contributed by atoms with Gasteiger partial charge in [-0.2, -0.15) is 5.26 Å². The van der Waals surface area contributed by atoms with Crippen LogP contribution in [0.3, 0.4) is 0 Å². The quantitative estimate of drug-likeness (QED) is 0.616. The van der Waals surface area contributed by atoms with Gasteiger partial charge >= 0.3 is 0 Å². The van der Waals surface area contributed by atoms with Crippen molar-refractivity contribution in [1.29, 1.82) is 5.26 Å². The SMILES string of the molecule is CC(C)C[C@H](C(=O)N1CC(=O)Nc2ccccc2C[C@H]1C#N)n1cccc(-c2ccncc2)c1=O. The van der Waals surface area contributed by atoms with Gasteiger partial charge in [-0.15, -0.1) is 0 Å². The molecule has 0 unspecified atom stereocenters. The number of benzene rings is 1. The predicted molar refractivity (Wildman–Crippen MR) is 132 cm³/mol. The largest absolute Gasteiger partial charge is 0.324 e. The summed E-state index contributed by atoms with van der Waals surface area (Å²) >= 11 is 0. The first kappa shape index (κ1) is 23.9. The first-order valence-electron chi connectivity index (χ1n) is 11.6. The Labute approximate surface area is 203 Å². The second-order valence-electron chi connectivity index (χ2n) is 9.04. The Morgan fingerprint density at radius 3 is 2.60 bits per heavy atom. The minimum Gasteiger partial charge on any atom is -0.324 e. The summed E-state index contributed by atoms with van der Waals surface area (Å²) in [5, 5.41) is 12.8. The van der Waals surface area contributed by atoms with E-state index in [1.165, 1.54) is 9.47 Å². The predicted octanol–water partition coefficient (Wildman–Crippen LogP) is 3.41. The Morgan fingerprint density at radius 1 is 1.14 bits per heavy atom. The van der Waals surface area contributed by atoms with E-state index in [9.17, 15) is 19.6 Å². The Kier molecular flexibility index (Phi) is 7.06. The van der Waals surface area contributed by atoms with Crippen molar-refractivity contribution in [2.75, 3.05) is 11.9 Å². The average Bonchev–Trinajstić information content (AvgIpc) is 2.85. The smallest absolute Gasteiger partial charge is 0.259 e. The molecule has 0 aliphatic carbocycles. The van der Waals surface area contributed by atoms with Gasteiger partial charge in [0.1, 0.15) is 18.6 Å². The van der Waals surface area contributed by atoms with Crippen LogP contribution in [0.15, 0.2) is 71.9 Å². The van der Waals surface area contributed by atoms with E-state index in [0.29, 0.717) is 23.2 Å². The molecule has 0 radical (unpaired) electrons. The van der Waals surface area contributed by atoms with Gasteiger partial charge in [0.25, 0.3) is 5.56 Å². The lowest BCUT2D eigenvalue weighted by Crippen LogP contribution is -2.50. The number of carbonyl (C=O) groups is 2. The molecule has 3 aromatic rings. The minimum atomic E-state index is -0.859. The summed E-state index contributed by atoms with van der Waals surface area (Å²) in [6, 6.07) is 14.7. The molecule has 4 rings (SSSR count). The van der Waals surface area contributed by atoms with E-state index in [4.69, 9.17) is 0 Å². The van der Waals surface area contributed by atoms with Gasteiger partial charge in [-0.3, -0.25) is 19.4 Å². The number of nitrogens with one attached hydrogen (secondary N) is 1. The number of hydrogen-bond acceptors (Lipinski definition) is 5. The Bertz CT molecular complexity index is 1330.